The summed E-state index contributed by atoms with van der Waals surface area (Å²) in [4.78, 5) is 102. The van der Waals surface area contributed by atoms with Gasteiger partial charge in [-0.2, -0.15) is 7.11 Å². The number of nitrogens with zero attached hydrogens (tertiary/aromatic N) is 3. The third-order valence-electron chi connectivity index (χ3n) is 18.3. The normalized spacial score (nSPS) is 12.5. The maximum atomic E-state index is 11.8. The van der Waals surface area contributed by atoms with Gasteiger partial charge in [0.15, 0.2) is 5.75 Å². The van der Waals surface area contributed by atoms with Gasteiger partial charge in [0.2, 0.25) is 13.7 Å². The first-order valence-corrected chi connectivity index (χ1v) is 45.3. The van der Waals surface area contributed by atoms with E-state index in [4.69, 9.17) is 44.1 Å². The third-order valence-corrected chi connectivity index (χ3v) is 21.6. The summed E-state index contributed by atoms with van der Waals surface area (Å²) in [6.45, 7) is 53.8. The number of para-hydroxylation sites is 1. The number of ether oxygens (including phenoxy) is 7. The smallest absolute Gasteiger partial charge is 0.857 e. The van der Waals surface area contributed by atoms with E-state index in [-0.39, 0.29) is 110 Å². The number of esters is 2. The first-order valence-electron chi connectivity index (χ1n) is 38.7. The van der Waals surface area contributed by atoms with Crippen LogP contribution in [0.5, 0.6) is 34.5 Å². The van der Waals surface area contributed by atoms with Gasteiger partial charge in [0.25, 0.3) is 23.0 Å². The number of methoxy groups -OCH3 is 3. The number of allylic oxidation sites excluding steroid dienone is 1. The van der Waals surface area contributed by atoms with E-state index < -0.39 is 63.0 Å². The second-order valence-corrected chi connectivity index (χ2v) is 44.6. The Kier molecular flexibility index (Phi) is 44.4. The summed E-state index contributed by atoms with van der Waals surface area (Å²) in [5.74, 6) is 0.478. The van der Waals surface area contributed by atoms with Gasteiger partial charge in [-0.1, -0.05) is 156 Å². The maximum absolute atomic E-state index is 11.8. The van der Waals surface area contributed by atoms with Gasteiger partial charge < -0.3 is 68.7 Å². The molecule has 0 saturated heterocycles. The molecular formula is C92H122Br4N5NaO24Si. The second-order valence-electron chi connectivity index (χ2n) is 36.7. The van der Waals surface area contributed by atoms with Crippen molar-refractivity contribution in [2.24, 2.45) is 0 Å². The van der Waals surface area contributed by atoms with Crippen LogP contribution in [0.15, 0.2) is 150 Å². The van der Waals surface area contributed by atoms with Crippen LogP contribution in [0.2, 0.25) is 19.6 Å². The molecule has 2 aliphatic rings. The van der Waals surface area contributed by atoms with Gasteiger partial charge >= 0.3 is 59.8 Å². The first-order chi connectivity index (χ1) is 56.9. The number of nitrogen functional groups attached to an aromatic ring is 1. The Morgan fingerprint density at radius 2 is 0.866 bits per heavy atom. The van der Waals surface area contributed by atoms with Gasteiger partial charge in [0.1, 0.15) is 34.3 Å². The van der Waals surface area contributed by atoms with Crippen molar-refractivity contribution in [2.45, 2.75) is 237 Å². The number of aromatic amines is 1. The quantitative estimate of drug-likeness (QED) is 0.0131. The van der Waals surface area contributed by atoms with Crippen LogP contribution < -0.4 is 64.8 Å². The minimum atomic E-state index is -1.49. The van der Waals surface area contributed by atoms with Crippen LogP contribution in [-0.2, 0) is 71.5 Å². The average Bonchev–Trinajstić information content (AvgIpc) is 1.60. The van der Waals surface area contributed by atoms with Crippen molar-refractivity contribution < 1.29 is 126 Å². The number of hydrogen-bond acceptors (Lipinski definition) is 24. The molecule has 35 heteroatoms. The number of carboxylic acid groups (broad SMARTS) is 1. The number of phenolic OH excluding ortho intramolecular Hbond substituents is 2. The van der Waals surface area contributed by atoms with E-state index >= 15 is 0 Å². The number of carboxylic acids is 1. The standard InChI is InChI=1S/C14H17NO4.C14H19NO2.C12H14BrNO5.C12H15BrO3.C10H12BrNO3.C10H13BrO.C10H7NO3.C8H18O2Si.CH3O.CH4.Na/c1-13(2,3)8-6-9-11(7-10(8)15(17)18)19-12(16)14(9,4)5;1-13(2,3)8-6-9-11(7-10(8)15)17-12(16)14(9,4)5;1-12(2,3)7-5-8(13)10(19-11(15)18-4)6-9(7)14(16)17;1-12(2,3)8-5-6-10(9(13)7-8)16-11(14)15-4;1-10(2,3)6-4-7(11)9(13)5-8(6)12(14)15;1-10(2,3)7-4-5-9(12)8(11)6-7;12-9-6-3-1-2-4-8(6)11-5-7(9)10(13)14;1-7(2)8(9-3)10-11(4,5)6;1-2;;/h6-7H,1-5H3;6-7H,15H2,1-5H3;5-6H,1-4H3;5-7H,1-4H3;4-5,13H,1-3H3;4-6,12H,1-3H3;1-5H,(H,11,12)(H,13,14);1-6H3;1H3;1H4;/q;;;;;;;;-1;;+1. The number of carbonyl (C=O) groups is 5. The summed E-state index contributed by atoms with van der Waals surface area (Å²) in [5.41, 5.74) is 12.1. The van der Waals surface area contributed by atoms with Gasteiger partial charge in [-0.3, -0.25) is 44.7 Å². The Morgan fingerprint density at radius 1 is 0.496 bits per heavy atom. The molecule has 3 heterocycles. The number of halogens is 4. The zero-order valence-corrected chi connectivity index (χ0v) is 87.2. The number of H-pyrrole nitrogens is 1. The molecule has 0 saturated carbocycles. The molecular weight excluding hydrogens is 1930 g/mol. The molecule has 0 radical (unpaired) electrons. The van der Waals surface area contributed by atoms with Crippen LogP contribution >= 0.6 is 63.7 Å². The summed E-state index contributed by atoms with van der Waals surface area (Å²) in [6.07, 6.45) is -0.435. The number of nitro groups is 3. The Hall–Kier alpha value is -9.26. The van der Waals surface area contributed by atoms with E-state index in [2.05, 4.69) is 160 Å². The van der Waals surface area contributed by atoms with Crippen LogP contribution in [0.4, 0.5) is 32.3 Å². The van der Waals surface area contributed by atoms with Gasteiger partial charge in [0.05, 0.1) is 83.0 Å². The fourth-order valence-electron chi connectivity index (χ4n) is 11.3. The third kappa shape index (κ3) is 34.3. The monoisotopic (exact) mass is 2050 g/mol. The molecule has 0 fully saturated rings. The van der Waals surface area contributed by atoms with Crippen LogP contribution in [0.25, 0.3) is 10.9 Å². The number of aromatic nitrogens is 1. The number of carbonyl (C=O) groups excluding carboxylic acids is 4. The van der Waals surface area contributed by atoms with Crippen LogP contribution in [-0.4, -0.2) is 102 Å². The van der Waals surface area contributed by atoms with Crippen molar-refractivity contribution in [2.75, 3.05) is 34.2 Å². The Morgan fingerprint density at radius 3 is 1.24 bits per heavy atom. The van der Waals surface area contributed by atoms with E-state index in [0.717, 1.165) is 45.4 Å². The molecule has 7 aromatic carbocycles. The summed E-state index contributed by atoms with van der Waals surface area (Å²) < 4.78 is 42.1. The van der Waals surface area contributed by atoms with Gasteiger partial charge in [-0.15, -0.1) is 0 Å². The van der Waals surface area contributed by atoms with Gasteiger partial charge in [-0.25, -0.2) is 14.4 Å². The number of anilines is 1. The predicted octanol–water partition coefficient (Wildman–Crippen LogP) is 20.9. The summed E-state index contributed by atoms with van der Waals surface area (Å²) in [6, 6.07) is 30.5. The van der Waals surface area contributed by atoms with E-state index in [1.165, 1.54) is 37.1 Å². The number of fused-ring (bicyclic) bond motifs is 3. The Labute approximate surface area is 801 Å². The SMILES string of the molecule is C.CC(C)(C)c1cc(Br)c(O)cc1[N+](=O)[O-].CC(C)(C)c1cc2c(cc1N)OC(=O)C2(C)C.CC(C)(C)c1cc2c(cc1[N+](=O)[O-])OC(=O)C2(C)C.CC(C)(C)c1ccc(O)c(Br)c1.COC(=O)Oc1cc([N+](=O)[O-])c(C(C)(C)C)cc1Br.COC(=O)Oc1ccc(C(C)(C)C)cc1Br.COC(O[Si](C)(C)C)=C(C)C.C[O-].O=C(O)c1c[nH]c2ccccc2c1=O.[Na+]. The van der Waals surface area contributed by atoms with E-state index in [9.17, 15) is 69.3 Å². The molecule has 127 heavy (non-hydrogen) atoms. The molecule has 0 atom stereocenters. The minimum absolute atomic E-state index is 0. The number of benzene rings is 7. The molecule has 692 valence electrons. The number of nitrogens with one attached hydrogen (secondary N) is 1. The van der Waals surface area contributed by atoms with Crippen LogP contribution in [0.3, 0.4) is 0 Å². The molecule has 29 nitrogen and oxygen atoms in total. The molecule has 8 aromatic rings. The van der Waals surface area contributed by atoms with Crippen molar-refractivity contribution in [3.63, 3.8) is 0 Å². The molecule has 0 spiro atoms. The number of pyridine rings is 1. The average molecular weight is 2050 g/mol. The number of phenols is 2. The molecule has 10 rings (SSSR count). The summed E-state index contributed by atoms with van der Waals surface area (Å²) >= 11 is 13.0. The second kappa shape index (κ2) is 47.9. The molecule has 0 bridgehead atoms. The van der Waals surface area contributed by atoms with Crippen molar-refractivity contribution >= 4 is 136 Å². The molecule has 0 unspecified atom stereocenters. The van der Waals surface area contributed by atoms with Crippen LogP contribution in [0, 0.1) is 30.3 Å². The number of nitro benzene ring substituents is 3. The molecule has 1 aromatic heterocycles. The Balaban J connectivity index is 0.00000143. The fraction of sp³-hybridized carbons (Fsp3) is 0.435. The number of aromatic hydroxyl groups is 2. The topological polar surface area (TPSA) is 431 Å². The number of hydrogen-bond donors (Lipinski definition) is 5. The number of rotatable bonds is 9. The summed E-state index contributed by atoms with van der Waals surface area (Å²) in [7, 11) is 3.34. The number of nitrogens with two attached hydrogens (primary N) is 1. The van der Waals surface area contributed by atoms with Gasteiger partial charge in [0, 0.05) is 62.2 Å². The van der Waals surface area contributed by atoms with Gasteiger partial charge in [-0.05, 0) is 235 Å². The van der Waals surface area contributed by atoms with Crippen LogP contribution in [0.1, 0.15) is 228 Å². The van der Waals surface area contributed by atoms with E-state index in [1.807, 2.05) is 120 Å². The maximum Gasteiger partial charge on any atom is 1.00 e. The molecule has 0 aliphatic carbocycles. The van der Waals surface area contributed by atoms with E-state index in [1.54, 1.807) is 81.6 Å². The molecule has 0 amide bonds. The van der Waals surface area contributed by atoms with Crippen molar-refractivity contribution in [1.82, 2.24) is 4.98 Å². The summed E-state index contributed by atoms with van der Waals surface area (Å²) in [5, 5.41) is 69.1. The molecule has 6 N–H and O–H groups in total. The largest absolute Gasteiger partial charge is 1.00 e. The first kappa shape index (κ1) is 118. The predicted molar refractivity (Wildman–Crippen MR) is 507 cm³/mol. The van der Waals surface area contributed by atoms with Crippen molar-refractivity contribution in [1.29, 1.82) is 0 Å². The van der Waals surface area contributed by atoms with Crippen molar-refractivity contribution in [3.05, 3.63) is 235 Å². The minimum Gasteiger partial charge on any atom is -0.857 e. The zero-order valence-electron chi connectivity index (χ0n) is 77.8. The van der Waals surface area contributed by atoms with Crippen molar-refractivity contribution in [3.8, 4) is 34.5 Å². The molecule has 2 aliphatic heterocycles. The zero-order chi connectivity index (χ0) is 97.1. The Bertz CT molecular complexity index is 5350. The van der Waals surface area contributed by atoms with E-state index in [0.29, 0.717) is 76.7 Å². The fourth-order valence-corrected chi connectivity index (χ4v) is 13.8. The number of aromatic carboxylic acids is 1.